The van der Waals surface area contributed by atoms with Crippen LogP contribution in [-0.2, 0) is 30.6 Å². The van der Waals surface area contributed by atoms with Crippen LogP contribution in [0.25, 0.3) is 16.7 Å². The molecule has 38 heavy (non-hydrogen) atoms. The van der Waals surface area contributed by atoms with Gasteiger partial charge in [-0.25, -0.2) is 4.79 Å². The molecule has 3 rings (SSSR count). The number of oxime groups is 1. The van der Waals surface area contributed by atoms with Gasteiger partial charge in [-0.1, -0.05) is 71.9 Å². The molecule has 0 saturated carbocycles. The van der Waals surface area contributed by atoms with Crippen LogP contribution >= 0.6 is 0 Å². The average Bonchev–Trinajstić information content (AvgIpc) is 2.93. The van der Waals surface area contributed by atoms with E-state index >= 15 is 0 Å². The first-order chi connectivity index (χ1) is 18.3. The van der Waals surface area contributed by atoms with Crippen molar-refractivity contribution < 1.29 is 23.9 Å². The van der Waals surface area contributed by atoms with E-state index < -0.39 is 5.97 Å². The van der Waals surface area contributed by atoms with Crippen molar-refractivity contribution in [2.24, 2.45) is 5.16 Å². The third-order valence-corrected chi connectivity index (χ3v) is 6.49. The van der Waals surface area contributed by atoms with E-state index in [-0.39, 0.29) is 12.6 Å². The van der Waals surface area contributed by atoms with Gasteiger partial charge < -0.3 is 19.1 Å². The molecule has 7 nitrogen and oxygen atoms in total. The lowest BCUT2D eigenvalue weighted by molar-refractivity contribution is -0.133. The zero-order valence-electron chi connectivity index (χ0n) is 23.1. The van der Waals surface area contributed by atoms with Gasteiger partial charge in [0, 0.05) is 12.6 Å². The van der Waals surface area contributed by atoms with Crippen molar-refractivity contribution in [3.05, 3.63) is 101 Å². The summed E-state index contributed by atoms with van der Waals surface area (Å²) >= 11 is 0. The van der Waals surface area contributed by atoms with E-state index in [1.54, 1.807) is 12.2 Å². The molecule has 0 aliphatic heterocycles. The SMILES string of the molecule is CO/C=C(/C(=O)OC)c1ccccc1CO/N=C(\C)C(c1ccc(-c2ccc(C)c(C)c2)cc1)N(C)OC. The van der Waals surface area contributed by atoms with Crippen LogP contribution < -0.4 is 0 Å². The Morgan fingerprint density at radius 2 is 1.63 bits per heavy atom. The Hall–Kier alpha value is -3.94. The van der Waals surface area contributed by atoms with Gasteiger partial charge in [0.15, 0.2) is 0 Å². The van der Waals surface area contributed by atoms with Crippen molar-refractivity contribution in [1.29, 1.82) is 0 Å². The summed E-state index contributed by atoms with van der Waals surface area (Å²) in [6.45, 7) is 6.29. The van der Waals surface area contributed by atoms with Crippen LogP contribution in [0.5, 0.6) is 0 Å². The molecule has 200 valence electrons. The molecule has 0 spiro atoms. The summed E-state index contributed by atoms with van der Waals surface area (Å²) in [4.78, 5) is 23.6. The molecule has 1 atom stereocenters. The van der Waals surface area contributed by atoms with Gasteiger partial charge in [0.05, 0.1) is 33.3 Å². The summed E-state index contributed by atoms with van der Waals surface area (Å²) < 4.78 is 10.0. The molecular formula is C31H36N2O5. The van der Waals surface area contributed by atoms with Crippen LogP contribution in [0.2, 0.25) is 0 Å². The topological polar surface area (TPSA) is 69.6 Å². The number of ether oxygens (including phenoxy) is 2. The first-order valence-electron chi connectivity index (χ1n) is 12.3. The second-order valence-electron chi connectivity index (χ2n) is 8.97. The van der Waals surface area contributed by atoms with Crippen LogP contribution in [-0.4, -0.2) is 45.1 Å². The molecule has 0 amide bonds. The van der Waals surface area contributed by atoms with Gasteiger partial charge in [0.1, 0.15) is 18.2 Å². The third kappa shape index (κ3) is 6.88. The lowest BCUT2D eigenvalue weighted by Crippen LogP contribution is -2.29. The largest absolute Gasteiger partial charge is 0.503 e. The molecular weight excluding hydrogens is 480 g/mol. The Balaban J connectivity index is 1.82. The van der Waals surface area contributed by atoms with Crippen LogP contribution in [0, 0.1) is 13.8 Å². The Kier molecular flexibility index (Phi) is 10.2. The van der Waals surface area contributed by atoms with E-state index in [0.29, 0.717) is 16.8 Å². The van der Waals surface area contributed by atoms with Gasteiger partial charge >= 0.3 is 5.97 Å². The molecule has 0 radical (unpaired) electrons. The summed E-state index contributed by atoms with van der Waals surface area (Å²) in [5.41, 5.74) is 8.32. The molecule has 0 aliphatic rings. The number of rotatable bonds is 11. The Morgan fingerprint density at radius 1 is 0.947 bits per heavy atom. The fraction of sp³-hybridized carbons (Fsp3) is 0.290. The summed E-state index contributed by atoms with van der Waals surface area (Å²) in [6.07, 6.45) is 1.37. The zero-order valence-corrected chi connectivity index (χ0v) is 23.1. The smallest absolute Gasteiger partial charge is 0.341 e. The third-order valence-electron chi connectivity index (χ3n) is 6.49. The number of carbonyl (C=O) groups excluding carboxylic acids is 1. The maximum absolute atomic E-state index is 12.3. The van der Waals surface area contributed by atoms with Gasteiger partial charge in [-0.3, -0.25) is 0 Å². The Morgan fingerprint density at radius 3 is 2.26 bits per heavy atom. The van der Waals surface area contributed by atoms with Crippen LogP contribution in [0.4, 0.5) is 0 Å². The van der Waals surface area contributed by atoms with Crippen molar-refractivity contribution in [3.8, 4) is 11.1 Å². The highest BCUT2D eigenvalue weighted by molar-refractivity contribution is 6.16. The number of hydrogen-bond acceptors (Lipinski definition) is 7. The maximum Gasteiger partial charge on any atom is 0.341 e. The van der Waals surface area contributed by atoms with E-state index in [0.717, 1.165) is 16.7 Å². The molecule has 0 aromatic heterocycles. The van der Waals surface area contributed by atoms with Crippen molar-refractivity contribution in [2.45, 2.75) is 33.4 Å². The van der Waals surface area contributed by atoms with E-state index in [2.05, 4.69) is 61.5 Å². The van der Waals surface area contributed by atoms with Gasteiger partial charge in [-0.05, 0) is 54.2 Å². The van der Waals surface area contributed by atoms with Crippen molar-refractivity contribution >= 4 is 17.3 Å². The van der Waals surface area contributed by atoms with E-state index in [1.807, 2.05) is 38.2 Å². The van der Waals surface area contributed by atoms with Crippen molar-refractivity contribution in [2.75, 3.05) is 28.4 Å². The minimum Gasteiger partial charge on any atom is -0.503 e. The number of hydroxylamine groups is 2. The molecule has 0 fully saturated rings. The zero-order chi connectivity index (χ0) is 27.7. The summed E-state index contributed by atoms with van der Waals surface area (Å²) in [7, 11) is 6.29. The number of nitrogens with zero attached hydrogens (tertiary/aromatic N) is 2. The molecule has 0 heterocycles. The first-order valence-corrected chi connectivity index (χ1v) is 12.3. The fourth-order valence-electron chi connectivity index (χ4n) is 4.21. The predicted molar refractivity (Wildman–Crippen MR) is 150 cm³/mol. The summed E-state index contributed by atoms with van der Waals surface area (Å²) in [5.74, 6) is -0.495. The monoisotopic (exact) mass is 516 g/mol. The summed E-state index contributed by atoms with van der Waals surface area (Å²) in [6, 6.07) is 22.0. The second-order valence-corrected chi connectivity index (χ2v) is 8.97. The molecule has 3 aromatic rings. The number of aryl methyl sites for hydroxylation is 2. The lowest BCUT2D eigenvalue weighted by Gasteiger charge is -2.26. The normalized spacial score (nSPS) is 12.8. The number of carbonyl (C=O) groups is 1. The molecule has 0 aliphatic carbocycles. The molecule has 7 heteroatoms. The van der Waals surface area contributed by atoms with Crippen molar-refractivity contribution in [1.82, 2.24) is 5.06 Å². The standard InChI is InChI=1S/C31H36N2O5/c1-21-12-13-26(18-22(21)2)24-14-16-25(17-15-24)30(33(4)37-7)23(3)32-38-19-27-10-8-9-11-28(27)29(20-35-5)31(34)36-6/h8-18,20,30H,19H2,1-7H3/b29-20+,32-23+. The minimum atomic E-state index is -0.495. The highest BCUT2D eigenvalue weighted by Gasteiger charge is 2.22. The van der Waals surface area contributed by atoms with Gasteiger partial charge in [-0.15, -0.1) is 0 Å². The highest BCUT2D eigenvalue weighted by atomic mass is 16.7. The average molecular weight is 517 g/mol. The molecule has 3 aromatic carbocycles. The lowest BCUT2D eigenvalue weighted by atomic mass is 9.97. The minimum absolute atomic E-state index is 0.153. The fourth-order valence-corrected chi connectivity index (χ4v) is 4.21. The number of benzene rings is 3. The molecule has 0 N–H and O–H groups in total. The van der Waals surface area contributed by atoms with Crippen LogP contribution in [0.1, 0.15) is 40.8 Å². The van der Waals surface area contributed by atoms with Crippen LogP contribution in [0.15, 0.2) is 78.1 Å². The first kappa shape index (κ1) is 28.6. The molecule has 0 bridgehead atoms. The van der Waals surface area contributed by atoms with Gasteiger partial charge in [0.25, 0.3) is 0 Å². The van der Waals surface area contributed by atoms with E-state index in [4.69, 9.17) is 19.1 Å². The highest BCUT2D eigenvalue weighted by Crippen LogP contribution is 2.27. The van der Waals surface area contributed by atoms with E-state index in [9.17, 15) is 4.79 Å². The maximum atomic E-state index is 12.3. The number of hydrogen-bond donors (Lipinski definition) is 0. The van der Waals surface area contributed by atoms with Gasteiger partial charge in [-0.2, -0.15) is 5.06 Å². The Labute approximate surface area is 225 Å². The number of methoxy groups -OCH3 is 2. The molecule has 0 saturated heterocycles. The van der Waals surface area contributed by atoms with Gasteiger partial charge in [0.2, 0.25) is 0 Å². The molecule has 1 unspecified atom stereocenters. The predicted octanol–water partition coefficient (Wildman–Crippen LogP) is 6.26. The number of esters is 1. The second kappa shape index (κ2) is 13.6. The quantitative estimate of drug-likeness (QED) is 0.0985. The van der Waals surface area contributed by atoms with Crippen molar-refractivity contribution in [3.63, 3.8) is 0 Å². The Bertz CT molecular complexity index is 1300. The van der Waals surface area contributed by atoms with Crippen LogP contribution in [0.3, 0.4) is 0 Å². The van der Waals surface area contributed by atoms with E-state index in [1.165, 1.54) is 37.2 Å². The summed E-state index contributed by atoms with van der Waals surface area (Å²) in [5, 5.41) is 6.14.